The van der Waals surface area contributed by atoms with E-state index in [9.17, 15) is 5.11 Å². The minimum atomic E-state index is 0.0619. The maximum Gasteiger partial charge on any atom is 0.185 e. The van der Waals surface area contributed by atoms with E-state index in [0.29, 0.717) is 0 Å². The lowest BCUT2D eigenvalue weighted by Crippen LogP contribution is -2.16. The standard InChI is InChI=1S/C13H15BrN2OS/c1-9-12(8-17)18-13(15-9)16(2)7-10-5-3-4-6-11(10)14/h3-6,17H,7-8H2,1-2H3. The molecule has 1 aromatic carbocycles. The van der Waals surface area contributed by atoms with Gasteiger partial charge in [-0.1, -0.05) is 45.5 Å². The molecule has 0 bridgehead atoms. The van der Waals surface area contributed by atoms with Crippen LogP contribution in [0, 0.1) is 6.92 Å². The summed E-state index contributed by atoms with van der Waals surface area (Å²) in [5.41, 5.74) is 2.13. The molecule has 0 saturated heterocycles. The smallest absolute Gasteiger partial charge is 0.185 e. The van der Waals surface area contributed by atoms with Gasteiger partial charge in [0.25, 0.3) is 0 Å². The average molecular weight is 327 g/mol. The SMILES string of the molecule is Cc1nc(N(C)Cc2ccccc2Br)sc1CO. The van der Waals surface area contributed by atoms with E-state index in [1.54, 1.807) is 11.3 Å². The second kappa shape index (κ2) is 5.82. The topological polar surface area (TPSA) is 36.4 Å². The van der Waals surface area contributed by atoms with Crippen LogP contribution in [0.4, 0.5) is 5.13 Å². The highest BCUT2D eigenvalue weighted by Gasteiger charge is 2.11. The number of rotatable bonds is 4. The monoisotopic (exact) mass is 326 g/mol. The molecule has 1 N–H and O–H groups in total. The Kier molecular flexibility index (Phi) is 4.37. The molecule has 0 atom stereocenters. The number of hydrogen-bond donors (Lipinski definition) is 1. The molecular weight excluding hydrogens is 312 g/mol. The van der Waals surface area contributed by atoms with Crippen molar-refractivity contribution < 1.29 is 5.11 Å². The molecule has 0 fully saturated rings. The predicted octanol–water partition coefficient (Wildman–Crippen LogP) is 3.34. The molecule has 0 saturated carbocycles. The van der Waals surface area contributed by atoms with Gasteiger partial charge in [0.2, 0.25) is 0 Å². The fraction of sp³-hybridized carbons (Fsp3) is 0.308. The summed E-state index contributed by atoms with van der Waals surface area (Å²) < 4.78 is 1.10. The lowest BCUT2D eigenvalue weighted by molar-refractivity contribution is 0.284. The number of halogens is 1. The van der Waals surface area contributed by atoms with Crippen LogP contribution < -0.4 is 4.90 Å². The third kappa shape index (κ3) is 2.91. The van der Waals surface area contributed by atoms with E-state index >= 15 is 0 Å². The third-order valence-electron chi connectivity index (χ3n) is 2.72. The van der Waals surface area contributed by atoms with Crippen molar-refractivity contribution in [1.29, 1.82) is 0 Å². The lowest BCUT2D eigenvalue weighted by atomic mass is 10.2. The van der Waals surface area contributed by atoms with Crippen molar-refractivity contribution in [3.63, 3.8) is 0 Å². The molecular formula is C13H15BrN2OS. The van der Waals surface area contributed by atoms with Gasteiger partial charge < -0.3 is 10.0 Å². The van der Waals surface area contributed by atoms with Crippen molar-refractivity contribution in [1.82, 2.24) is 4.98 Å². The van der Waals surface area contributed by atoms with Gasteiger partial charge >= 0.3 is 0 Å². The zero-order chi connectivity index (χ0) is 13.1. The second-order valence-corrected chi connectivity index (χ2v) is 6.03. The van der Waals surface area contributed by atoms with E-state index in [4.69, 9.17) is 0 Å². The number of aliphatic hydroxyl groups excluding tert-OH is 1. The highest BCUT2D eigenvalue weighted by Crippen LogP contribution is 2.27. The Hall–Kier alpha value is -0.910. The Morgan fingerprint density at radius 2 is 2.11 bits per heavy atom. The first-order valence-corrected chi connectivity index (χ1v) is 7.24. The van der Waals surface area contributed by atoms with Gasteiger partial charge in [-0.25, -0.2) is 4.98 Å². The molecule has 5 heteroatoms. The number of benzene rings is 1. The van der Waals surface area contributed by atoms with Crippen LogP contribution in [0.25, 0.3) is 0 Å². The van der Waals surface area contributed by atoms with Crippen LogP contribution in [-0.2, 0) is 13.2 Å². The van der Waals surface area contributed by atoms with Crippen LogP contribution in [0.3, 0.4) is 0 Å². The van der Waals surface area contributed by atoms with Gasteiger partial charge in [-0.15, -0.1) is 0 Å². The summed E-state index contributed by atoms with van der Waals surface area (Å²) in [6.07, 6.45) is 0. The van der Waals surface area contributed by atoms with E-state index in [-0.39, 0.29) is 6.61 Å². The first-order chi connectivity index (χ1) is 8.61. The molecule has 0 aliphatic carbocycles. The summed E-state index contributed by atoms with van der Waals surface area (Å²) >= 11 is 5.09. The van der Waals surface area contributed by atoms with Crippen molar-refractivity contribution in [2.45, 2.75) is 20.1 Å². The molecule has 1 heterocycles. The number of aliphatic hydroxyl groups is 1. The van der Waals surface area contributed by atoms with Crippen LogP contribution in [0.2, 0.25) is 0 Å². The molecule has 0 amide bonds. The van der Waals surface area contributed by atoms with Gasteiger partial charge in [0.1, 0.15) is 0 Å². The van der Waals surface area contributed by atoms with Gasteiger partial charge in [-0.05, 0) is 18.6 Å². The average Bonchev–Trinajstić information content (AvgIpc) is 2.73. The summed E-state index contributed by atoms with van der Waals surface area (Å²) in [5, 5.41) is 10.1. The Labute approximate surface area is 119 Å². The molecule has 18 heavy (non-hydrogen) atoms. The van der Waals surface area contributed by atoms with Crippen molar-refractivity contribution in [2.24, 2.45) is 0 Å². The van der Waals surface area contributed by atoms with Gasteiger partial charge in [0, 0.05) is 18.1 Å². The van der Waals surface area contributed by atoms with Crippen LogP contribution >= 0.6 is 27.3 Å². The number of anilines is 1. The van der Waals surface area contributed by atoms with E-state index in [2.05, 4.69) is 31.9 Å². The number of nitrogens with zero attached hydrogens (tertiary/aromatic N) is 2. The molecule has 0 aliphatic rings. The van der Waals surface area contributed by atoms with E-state index in [1.807, 2.05) is 32.2 Å². The summed E-state index contributed by atoms with van der Waals surface area (Å²) in [6, 6.07) is 8.16. The van der Waals surface area contributed by atoms with E-state index in [1.165, 1.54) is 5.56 Å². The molecule has 0 spiro atoms. The minimum Gasteiger partial charge on any atom is -0.391 e. The zero-order valence-corrected chi connectivity index (χ0v) is 12.8. The fourth-order valence-corrected chi connectivity index (χ4v) is 2.96. The van der Waals surface area contributed by atoms with Crippen molar-refractivity contribution >= 4 is 32.4 Å². The number of aromatic nitrogens is 1. The molecule has 0 unspecified atom stereocenters. The van der Waals surface area contributed by atoms with Crippen LogP contribution in [0.1, 0.15) is 16.1 Å². The highest BCUT2D eigenvalue weighted by atomic mass is 79.9. The lowest BCUT2D eigenvalue weighted by Gasteiger charge is -2.16. The zero-order valence-electron chi connectivity index (χ0n) is 10.4. The maximum absolute atomic E-state index is 9.19. The minimum absolute atomic E-state index is 0.0619. The van der Waals surface area contributed by atoms with Gasteiger partial charge in [0.15, 0.2) is 5.13 Å². The first kappa shape index (κ1) is 13.5. The van der Waals surface area contributed by atoms with Crippen molar-refractivity contribution in [2.75, 3.05) is 11.9 Å². The Bertz CT molecular complexity index is 542. The van der Waals surface area contributed by atoms with Gasteiger partial charge in [0.05, 0.1) is 17.2 Å². The molecule has 1 aromatic heterocycles. The Morgan fingerprint density at radius 1 is 1.39 bits per heavy atom. The normalized spacial score (nSPS) is 10.7. The summed E-state index contributed by atoms with van der Waals surface area (Å²) in [7, 11) is 2.01. The molecule has 3 nitrogen and oxygen atoms in total. The van der Waals surface area contributed by atoms with Crippen molar-refractivity contribution in [3.8, 4) is 0 Å². The maximum atomic E-state index is 9.19. The van der Waals surface area contributed by atoms with Crippen LogP contribution in [0.5, 0.6) is 0 Å². The molecule has 2 rings (SSSR count). The van der Waals surface area contributed by atoms with Crippen molar-refractivity contribution in [3.05, 3.63) is 44.9 Å². The number of hydrogen-bond acceptors (Lipinski definition) is 4. The van der Waals surface area contributed by atoms with Gasteiger partial charge in [-0.2, -0.15) is 0 Å². The van der Waals surface area contributed by atoms with E-state index < -0.39 is 0 Å². The largest absolute Gasteiger partial charge is 0.391 e. The molecule has 2 aromatic rings. The third-order valence-corrected chi connectivity index (χ3v) is 4.75. The molecule has 0 radical (unpaired) electrons. The number of aryl methyl sites for hydroxylation is 1. The van der Waals surface area contributed by atoms with Gasteiger partial charge in [-0.3, -0.25) is 0 Å². The predicted molar refractivity (Wildman–Crippen MR) is 79.0 cm³/mol. The highest BCUT2D eigenvalue weighted by molar-refractivity contribution is 9.10. The van der Waals surface area contributed by atoms with E-state index in [0.717, 1.165) is 26.7 Å². The first-order valence-electron chi connectivity index (χ1n) is 5.63. The second-order valence-electron chi connectivity index (χ2n) is 4.11. The summed E-state index contributed by atoms with van der Waals surface area (Å²) in [4.78, 5) is 7.50. The molecule has 0 aliphatic heterocycles. The number of thiazole rings is 1. The van der Waals surface area contributed by atoms with Crippen LogP contribution in [-0.4, -0.2) is 17.1 Å². The fourth-order valence-electron chi connectivity index (χ4n) is 1.67. The quantitative estimate of drug-likeness (QED) is 0.936. The Morgan fingerprint density at radius 3 is 2.72 bits per heavy atom. The Balaban J connectivity index is 2.16. The summed E-state index contributed by atoms with van der Waals surface area (Å²) in [5.74, 6) is 0. The molecule has 96 valence electrons. The van der Waals surface area contributed by atoms with Crippen LogP contribution in [0.15, 0.2) is 28.7 Å². The summed E-state index contributed by atoms with van der Waals surface area (Å²) in [6.45, 7) is 2.78.